The van der Waals surface area contributed by atoms with Gasteiger partial charge in [-0.05, 0) is 49.2 Å². The number of rotatable bonds is 5. The SMILES string of the molecule is Cc1cccc(C)c1NCCC(=O)Nc1ccc(Cl)cc1. The number of halogens is 1. The summed E-state index contributed by atoms with van der Waals surface area (Å²) in [7, 11) is 0. The minimum atomic E-state index is -0.0175. The van der Waals surface area contributed by atoms with Crippen molar-refractivity contribution in [2.75, 3.05) is 17.2 Å². The van der Waals surface area contributed by atoms with E-state index in [1.165, 1.54) is 11.1 Å². The second-order valence-electron chi connectivity index (χ2n) is 5.00. The molecule has 2 rings (SSSR count). The van der Waals surface area contributed by atoms with Crippen LogP contribution in [0.15, 0.2) is 42.5 Å². The van der Waals surface area contributed by atoms with Crippen molar-refractivity contribution in [1.29, 1.82) is 0 Å². The van der Waals surface area contributed by atoms with Crippen LogP contribution >= 0.6 is 11.6 Å². The second-order valence-corrected chi connectivity index (χ2v) is 5.44. The number of nitrogens with one attached hydrogen (secondary N) is 2. The number of para-hydroxylation sites is 1. The molecule has 0 fully saturated rings. The van der Waals surface area contributed by atoms with Crippen molar-refractivity contribution in [3.05, 3.63) is 58.6 Å². The molecule has 2 aromatic carbocycles. The molecule has 0 saturated carbocycles. The number of carbonyl (C=O) groups is 1. The van der Waals surface area contributed by atoms with Crippen molar-refractivity contribution in [2.45, 2.75) is 20.3 Å². The molecule has 0 spiro atoms. The Bertz CT molecular complexity index is 603. The van der Waals surface area contributed by atoms with Crippen LogP contribution < -0.4 is 10.6 Å². The summed E-state index contributed by atoms with van der Waals surface area (Å²) in [5.41, 5.74) is 4.24. The van der Waals surface area contributed by atoms with Gasteiger partial charge in [0.25, 0.3) is 0 Å². The van der Waals surface area contributed by atoms with Crippen LogP contribution in [0.2, 0.25) is 5.02 Å². The molecular weight excluding hydrogens is 284 g/mol. The maximum atomic E-state index is 11.9. The molecule has 0 heterocycles. The highest BCUT2D eigenvalue weighted by Gasteiger charge is 2.04. The van der Waals surface area contributed by atoms with Crippen LogP contribution in [0.1, 0.15) is 17.5 Å². The van der Waals surface area contributed by atoms with E-state index in [1.807, 2.05) is 6.07 Å². The highest BCUT2D eigenvalue weighted by Crippen LogP contribution is 2.19. The molecule has 1 amide bonds. The monoisotopic (exact) mass is 302 g/mol. The maximum Gasteiger partial charge on any atom is 0.226 e. The molecule has 110 valence electrons. The van der Waals surface area contributed by atoms with Crippen molar-refractivity contribution >= 4 is 28.9 Å². The number of anilines is 2. The standard InChI is InChI=1S/C17H19ClN2O/c1-12-4-3-5-13(2)17(12)19-11-10-16(21)20-15-8-6-14(18)7-9-15/h3-9,19H,10-11H2,1-2H3,(H,20,21). The zero-order valence-corrected chi connectivity index (χ0v) is 13.0. The Balaban J connectivity index is 1.83. The van der Waals surface area contributed by atoms with Crippen molar-refractivity contribution in [2.24, 2.45) is 0 Å². The van der Waals surface area contributed by atoms with Crippen molar-refractivity contribution < 1.29 is 4.79 Å². The van der Waals surface area contributed by atoms with Gasteiger partial charge in [0.05, 0.1) is 0 Å². The molecule has 0 radical (unpaired) electrons. The van der Waals surface area contributed by atoms with Crippen LogP contribution in [0, 0.1) is 13.8 Å². The van der Waals surface area contributed by atoms with E-state index in [0.717, 1.165) is 11.4 Å². The molecule has 0 atom stereocenters. The zero-order valence-electron chi connectivity index (χ0n) is 12.2. The van der Waals surface area contributed by atoms with E-state index >= 15 is 0 Å². The van der Waals surface area contributed by atoms with Gasteiger partial charge in [0, 0.05) is 29.4 Å². The Hall–Kier alpha value is -2.00. The third-order valence-corrected chi connectivity index (χ3v) is 3.51. The van der Waals surface area contributed by atoms with Gasteiger partial charge in [-0.25, -0.2) is 0 Å². The number of aryl methyl sites for hydroxylation is 2. The predicted molar refractivity (Wildman–Crippen MR) is 89.1 cm³/mol. The smallest absolute Gasteiger partial charge is 0.226 e. The third kappa shape index (κ3) is 4.50. The molecule has 2 N–H and O–H groups in total. The lowest BCUT2D eigenvalue weighted by Crippen LogP contribution is -2.16. The van der Waals surface area contributed by atoms with Crippen LogP contribution in [0.4, 0.5) is 11.4 Å². The summed E-state index contributed by atoms with van der Waals surface area (Å²) >= 11 is 5.81. The summed E-state index contributed by atoms with van der Waals surface area (Å²) in [5.74, 6) is -0.0175. The molecule has 4 heteroatoms. The van der Waals surface area contributed by atoms with Gasteiger partial charge in [0.1, 0.15) is 0 Å². The summed E-state index contributed by atoms with van der Waals surface area (Å²) in [6, 6.07) is 13.2. The average Bonchev–Trinajstić information content (AvgIpc) is 2.45. The fourth-order valence-corrected chi connectivity index (χ4v) is 2.28. The molecule has 0 aliphatic rings. The Morgan fingerprint density at radius 1 is 1.05 bits per heavy atom. The minimum absolute atomic E-state index is 0.0175. The fraction of sp³-hybridized carbons (Fsp3) is 0.235. The third-order valence-electron chi connectivity index (χ3n) is 3.26. The minimum Gasteiger partial charge on any atom is -0.384 e. The summed E-state index contributed by atoms with van der Waals surface area (Å²) < 4.78 is 0. The van der Waals surface area contributed by atoms with Crippen LogP contribution in [-0.4, -0.2) is 12.5 Å². The molecule has 0 bridgehead atoms. The number of carbonyl (C=O) groups excluding carboxylic acids is 1. The normalized spacial score (nSPS) is 10.2. The van der Waals surface area contributed by atoms with Gasteiger partial charge >= 0.3 is 0 Å². The summed E-state index contributed by atoms with van der Waals surface area (Å²) in [5, 5.41) is 6.83. The van der Waals surface area contributed by atoms with Gasteiger partial charge in [-0.2, -0.15) is 0 Å². The largest absolute Gasteiger partial charge is 0.384 e. The van der Waals surface area contributed by atoms with Crippen molar-refractivity contribution in [3.63, 3.8) is 0 Å². The topological polar surface area (TPSA) is 41.1 Å². The Labute approximate surface area is 130 Å². The van der Waals surface area contributed by atoms with Crippen molar-refractivity contribution in [3.8, 4) is 0 Å². The van der Waals surface area contributed by atoms with E-state index in [2.05, 4.69) is 36.6 Å². The molecule has 0 aliphatic carbocycles. The first-order valence-electron chi connectivity index (χ1n) is 6.92. The number of amides is 1. The fourth-order valence-electron chi connectivity index (χ4n) is 2.15. The van der Waals surface area contributed by atoms with Gasteiger partial charge < -0.3 is 10.6 Å². The zero-order chi connectivity index (χ0) is 15.2. The Morgan fingerprint density at radius 3 is 2.29 bits per heavy atom. The average molecular weight is 303 g/mol. The van der Waals surface area contributed by atoms with E-state index in [9.17, 15) is 4.79 Å². The Morgan fingerprint density at radius 2 is 1.67 bits per heavy atom. The molecule has 0 aliphatic heterocycles. The predicted octanol–water partition coefficient (Wildman–Crippen LogP) is 4.40. The molecular formula is C17H19ClN2O. The molecule has 0 unspecified atom stereocenters. The van der Waals surface area contributed by atoms with E-state index in [0.29, 0.717) is 18.0 Å². The van der Waals surface area contributed by atoms with Gasteiger partial charge in [-0.15, -0.1) is 0 Å². The quantitative estimate of drug-likeness (QED) is 0.859. The van der Waals surface area contributed by atoms with Crippen molar-refractivity contribution in [1.82, 2.24) is 0 Å². The number of benzene rings is 2. The molecule has 21 heavy (non-hydrogen) atoms. The summed E-state index contributed by atoms with van der Waals surface area (Å²) in [6.07, 6.45) is 0.413. The van der Waals surface area contributed by atoms with Crippen LogP contribution in [0.3, 0.4) is 0 Å². The summed E-state index contributed by atoms with van der Waals surface area (Å²) in [6.45, 7) is 4.72. The Kier molecular flexibility index (Phi) is 5.23. The van der Waals surface area contributed by atoms with E-state index < -0.39 is 0 Å². The lowest BCUT2D eigenvalue weighted by Gasteiger charge is -2.12. The summed E-state index contributed by atoms with van der Waals surface area (Å²) in [4.78, 5) is 11.9. The number of hydrogen-bond donors (Lipinski definition) is 2. The van der Waals surface area contributed by atoms with Gasteiger partial charge in [0.15, 0.2) is 0 Å². The number of hydrogen-bond acceptors (Lipinski definition) is 2. The first kappa shape index (κ1) is 15.4. The van der Waals surface area contributed by atoms with Crippen LogP contribution in [0.5, 0.6) is 0 Å². The van der Waals surface area contributed by atoms with E-state index in [-0.39, 0.29) is 5.91 Å². The van der Waals surface area contributed by atoms with Gasteiger partial charge in [-0.3, -0.25) is 4.79 Å². The van der Waals surface area contributed by atoms with E-state index in [1.54, 1.807) is 24.3 Å². The van der Waals surface area contributed by atoms with Crippen LogP contribution in [-0.2, 0) is 4.79 Å². The highest BCUT2D eigenvalue weighted by molar-refractivity contribution is 6.30. The van der Waals surface area contributed by atoms with E-state index in [4.69, 9.17) is 11.6 Å². The molecule has 3 nitrogen and oxygen atoms in total. The molecule has 0 aromatic heterocycles. The molecule has 2 aromatic rings. The lowest BCUT2D eigenvalue weighted by molar-refractivity contribution is -0.115. The highest BCUT2D eigenvalue weighted by atomic mass is 35.5. The van der Waals surface area contributed by atoms with Gasteiger partial charge in [0.2, 0.25) is 5.91 Å². The van der Waals surface area contributed by atoms with Gasteiger partial charge in [-0.1, -0.05) is 29.8 Å². The lowest BCUT2D eigenvalue weighted by atomic mass is 10.1. The maximum absolute atomic E-state index is 11.9. The molecule has 0 saturated heterocycles. The first-order valence-corrected chi connectivity index (χ1v) is 7.29. The first-order chi connectivity index (χ1) is 10.1. The van der Waals surface area contributed by atoms with Crippen LogP contribution in [0.25, 0.3) is 0 Å². The second kappa shape index (κ2) is 7.14.